The first-order valence-electron chi connectivity index (χ1n) is 16.1. The first-order chi connectivity index (χ1) is 23.8. The smallest absolute Gasteiger partial charge is 0.238 e. The Hall–Kier alpha value is -6.59. The predicted molar refractivity (Wildman–Crippen MR) is 196 cm³/mol. The molecule has 9 aromatic rings. The maximum absolute atomic E-state index is 5.14. The summed E-state index contributed by atoms with van der Waals surface area (Å²) < 4.78 is 2.15. The van der Waals surface area contributed by atoms with Crippen molar-refractivity contribution in [3.05, 3.63) is 164 Å². The zero-order valence-electron chi connectivity index (χ0n) is 25.8. The fourth-order valence-corrected chi connectivity index (χ4v) is 7.24. The van der Waals surface area contributed by atoms with Gasteiger partial charge >= 0.3 is 0 Å². The molecule has 3 heterocycles. The Morgan fingerprint density at radius 1 is 0.396 bits per heavy atom. The summed E-state index contributed by atoms with van der Waals surface area (Å²) in [5, 5.41) is 4.83. The van der Waals surface area contributed by atoms with Crippen LogP contribution in [0.5, 0.6) is 0 Å². The number of rotatable bonds is 4. The Bertz CT molecular complexity index is 2620. The number of benzene rings is 7. The fourth-order valence-electron chi connectivity index (χ4n) is 7.24. The normalized spacial score (nSPS) is 12.1. The Kier molecular flexibility index (Phi) is 5.81. The third-order valence-corrected chi connectivity index (χ3v) is 9.38. The molecule has 1 aliphatic heterocycles. The minimum Gasteiger partial charge on any atom is -0.309 e. The Morgan fingerprint density at radius 3 is 1.69 bits per heavy atom. The molecule has 0 saturated carbocycles. The molecule has 0 aliphatic carbocycles. The highest BCUT2D eigenvalue weighted by molar-refractivity contribution is 6.13. The number of nitrogens with zero attached hydrogens (tertiary/aromatic N) is 5. The SMILES string of the molecule is c1ccc(-c2nc(-c3ccc(N4c5ccccc5-c5cccc6cccc4c56)cc3)nc(-n3c4ccccc4c4ccccc43)n2)cc1. The van der Waals surface area contributed by atoms with Gasteiger partial charge in [-0.05, 0) is 59.5 Å². The van der Waals surface area contributed by atoms with E-state index in [0.29, 0.717) is 17.6 Å². The van der Waals surface area contributed by atoms with Gasteiger partial charge < -0.3 is 4.90 Å². The van der Waals surface area contributed by atoms with Crippen LogP contribution in [0.4, 0.5) is 17.1 Å². The lowest BCUT2D eigenvalue weighted by Crippen LogP contribution is -2.14. The summed E-state index contributed by atoms with van der Waals surface area (Å²) in [5.41, 5.74) is 9.89. The molecule has 0 fully saturated rings. The quantitative estimate of drug-likeness (QED) is 0.198. The summed E-state index contributed by atoms with van der Waals surface area (Å²) in [4.78, 5) is 17.6. The van der Waals surface area contributed by atoms with Gasteiger partial charge in [-0.1, -0.05) is 115 Å². The summed E-state index contributed by atoms with van der Waals surface area (Å²) in [7, 11) is 0. The summed E-state index contributed by atoms with van der Waals surface area (Å²) in [6.45, 7) is 0. The summed E-state index contributed by atoms with van der Waals surface area (Å²) in [6, 6.07) is 57.3. The average Bonchev–Trinajstić information content (AvgIpc) is 3.50. The molecule has 0 N–H and O–H groups in total. The molecule has 0 amide bonds. The van der Waals surface area contributed by atoms with Gasteiger partial charge in [-0.3, -0.25) is 4.57 Å². The molecule has 0 bridgehead atoms. The molecule has 0 atom stereocenters. The maximum atomic E-state index is 5.14. The minimum atomic E-state index is 0.591. The van der Waals surface area contributed by atoms with Crippen molar-refractivity contribution in [3.63, 3.8) is 0 Å². The minimum absolute atomic E-state index is 0.591. The van der Waals surface area contributed by atoms with Crippen LogP contribution < -0.4 is 4.90 Å². The molecule has 0 radical (unpaired) electrons. The standard InChI is InChI=1S/C43H27N5/c1-2-12-29(13-3-1)41-44-42(46-43(45-41)48-37-21-8-4-16-32(37)33-17-5-9-22-38(33)48)30-24-26-31(27-25-30)47-36-20-7-6-18-34(36)35-19-10-14-28-15-11-23-39(47)40(28)35/h1-27H. The molecule has 0 unspecified atom stereocenters. The van der Waals surface area contributed by atoms with Gasteiger partial charge in [0.05, 0.1) is 22.4 Å². The molecule has 0 saturated heterocycles. The van der Waals surface area contributed by atoms with E-state index >= 15 is 0 Å². The summed E-state index contributed by atoms with van der Waals surface area (Å²) in [6.07, 6.45) is 0. The molecule has 48 heavy (non-hydrogen) atoms. The van der Waals surface area contributed by atoms with E-state index in [4.69, 9.17) is 15.0 Å². The van der Waals surface area contributed by atoms with E-state index in [0.717, 1.165) is 33.5 Å². The second-order valence-electron chi connectivity index (χ2n) is 12.1. The number of hydrogen-bond acceptors (Lipinski definition) is 4. The van der Waals surface area contributed by atoms with E-state index in [1.807, 2.05) is 30.3 Å². The first kappa shape index (κ1) is 26.6. The van der Waals surface area contributed by atoms with Crippen molar-refractivity contribution >= 4 is 49.6 Å². The summed E-state index contributed by atoms with van der Waals surface area (Å²) in [5.74, 6) is 1.85. The zero-order valence-corrected chi connectivity index (χ0v) is 25.8. The monoisotopic (exact) mass is 613 g/mol. The van der Waals surface area contributed by atoms with Crippen molar-refractivity contribution < 1.29 is 0 Å². The second-order valence-corrected chi connectivity index (χ2v) is 12.1. The van der Waals surface area contributed by atoms with E-state index in [1.165, 1.54) is 38.4 Å². The van der Waals surface area contributed by atoms with E-state index < -0.39 is 0 Å². The van der Waals surface area contributed by atoms with Crippen molar-refractivity contribution in [2.24, 2.45) is 0 Å². The van der Waals surface area contributed by atoms with E-state index in [-0.39, 0.29) is 0 Å². The number of hydrogen-bond donors (Lipinski definition) is 0. The Morgan fingerprint density at radius 2 is 0.958 bits per heavy atom. The lowest BCUT2D eigenvalue weighted by Gasteiger charge is -2.33. The highest BCUT2D eigenvalue weighted by atomic mass is 15.2. The molecular weight excluding hydrogens is 587 g/mol. The second kappa shape index (κ2) is 10.5. The van der Waals surface area contributed by atoms with Crippen LogP contribution >= 0.6 is 0 Å². The Balaban J connectivity index is 1.15. The Labute approximate surface area is 277 Å². The van der Waals surface area contributed by atoms with Gasteiger partial charge in [0, 0.05) is 38.5 Å². The van der Waals surface area contributed by atoms with E-state index in [2.05, 4.69) is 143 Å². The van der Waals surface area contributed by atoms with Crippen molar-refractivity contribution in [1.82, 2.24) is 19.5 Å². The number of anilines is 3. The van der Waals surface area contributed by atoms with Crippen LogP contribution in [0, 0.1) is 0 Å². The number of aromatic nitrogens is 4. The van der Waals surface area contributed by atoms with Crippen LogP contribution in [0.1, 0.15) is 0 Å². The van der Waals surface area contributed by atoms with Gasteiger partial charge in [0.25, 0.3) is 0 Å². The summed E-state index contributed by atoms with van der Waals surface area (Å²) >= 11 is 0. The molecule has 7 aromatic carbocycles. The lowest BCUT2D eigenvalue weighted by atomic mass is 9.91. The number of para-hydroxylation sites is 3. The number of fused-ring (bicyclic) bond motifs is 5. The first-order valence-corrected chi connectivity index (χ1v) is 16.1. The molecule has 224 valence electrons. The zero-order chi connectivity index (χ0) is 31.6. The molecule has 5 heteroatoms. The van der Waals surface area contributed by atoms with Crippen LogP contribution in [-0.4, -0.2) is 19.5 Å². The molecule has 10 rings (SSSR count). The van der Waals surface area contributed by atoms with Gasteiger partial charge in [-0.2, -0.15) is 9.97 Å². The predicted octanol–water partition coefficient (Wildman–Crippen LogP) is 10.9. The highest BCUT2D eigenvalue weighted by Gasteiger charge is 2.25. The molecule has 2 aromatic heterocycles. The van der Waals surface area contributed by atoms with Crippen molar-refractivity contribution in [2.75, 3.05) is 4.90 Å². The topological polar surface area (TPSA) is 46.8 Å². The van der Waals surface area contributed by atoms with Crippen LogP contribution in [0.2, 0.25) is 0 Å². The van der Waals surface area contributed by atoms with Crippen LogP contribution in [-0.2, 0) is 0 Å². The third-order valence-electron chi connectivity index (χ3n) is 9.38. The van der Waals surface area contributed by atoms with Crippen molar-refractivity contribution in [3.8, 4) is 39.9 Å². The third kappa shape index (κ3) is 4.01. The highest BCUT2D eigenvalue weighted by Crippen LogP contribution is 2.50. The van der Waals surface area contributed by atoms with Gasteiger partial charge in [0.1, 0.15) is 0 Å². The van der Waals surface area contributed by atoms with E-state index in [9.17, 15) is 0 Å². The lowest BCUT2D eigenvalue weighted by molar-refractivity contribution is 0.953. The molecule has 0 spiro atoms. The molecule has 1 aliphatic rings. The van der Waals surface area contributed by atoms with Crippen LogP contribution in [0.15, 0.2) is 164 Å². The van der Waals surface area contributed by atoms with Crippen LogP contribution in [0.3, 0.4) is 0 Å². The maximum Gasteiger partial charge on any atom is 0.238 e. The van der Waals surface area contributed by atoms with Gasteiger partial charge in [0.15, 0.2) is 11.6 Å². The van der Waals surface area contributed by atoms with Crippen LogP contribution in [0.25, 0.3) is 72.4 Å². The molecule has 5 nitrogen and oxygen atoms in total. The molecular formula is C43H27N5. The van der Waals surface area contributed by atoms with Gasteiger partial charge in [-0.15, -0.1) is 0 Å². The van der Waals surface area contributed by atoms with Gasteiger partial charge in [-0.25, -0.2) is 4.98 Å². The van der Waals surface area contributed by atoms with E-state index in [1.54, 1.807) is 0 Å². The van der Waals surface area contributed by atoms with Gasteiger partial charge in [0.2, 0.25) is 5.95 Å². The fraction of sp³-hybridized carbons (Fsp3) is 0. The van der Waals surface area contributed by atoms with Crippen molar-refractivity contribution in [1.29, 1.82) is 0 Å². The largest absolute Gasteiger partial charge is 0.309 e. The van der Waals surface area contributed by atoms with Crippen molar-refractivity contribution in [2.45, 2.75) is 0 Å². The average molecular weight is 614 g/mol.